The lowest BCUT2D eigenvalue weighted by molar-refractivity contribution is -0.114. The van der Waals surface area contributed by atoms with Crippen LogP contribution in [0.4, 0.5) is 11.4 Å². The molecule has 0 saturated heterocycles. The predicted octanol–water partition coefficient (Wildman–Crippen LogP) is 6.05. The van der Waals surface area contributed by atoms with Crippen LogP contribution < -0.4 is 15.4 Å². The van der Waals surface area contributed by atoms with E-state index in [1.54, 1.807) is 0 Å². The summed E-state index contributed by atoms with van der Waals surface area (Å²) in [6, 6.07) is 13.1. The van der Waals surface area contributed by atoms with Crippen LogP contribution in [0.5, 0.6) is 5.75 Å². The van der Waals surface area contributed by atoms with Crippen LogP contribution in [0, 0.1) is 6.92 Å². The minimum Gasteiger partial charge on any atom is -0.494 e. The standard InChI is InChI=1S/C22H29ClN2O2/c1-3-4-5-6-7-14-27-20-12-10-18(11-13-20)25-22(26)16-24-19-9-8-17(2)21(23)15-19/h8-13,15,24H,3-7,14,16H2,1-2H3,(H,25,26). The van der Waals surface area contributed by atoms with Gasteiger partial charge in [-0.05, 0) is 55.3 Å². The summed E-state index contributed by atoms with van der Waals surface area (Å²) in [5, 5.41) is 6.62. The fraction of sp³-hybridized carbons (Fsp3) is 0.409. The Morgan fingerprint density at radius 2 is 1.70 bits per heavy atom. The third kappa shape index (κ3) is 7.92. The first kappa shape index (κ1) is 21.1. The maximum absolute atomic E-state index is 12.1. The largest absolute Gasteiger partial charge is 0.494 e. The van der Waals surface area contributed by atoms with Gasteiger partial charge in [-0.2, -0.15) is 0 Å². The number of anilines is 2. The highest BCUT2D eigenvalue weighted by Gasteiger charge is 2.04. The van der Waals surface area contributed by atoms with Gasteiger partial charge in [0.1, 0.15) is 5.75 Å². The third-order valence-corrected chi connectivity index (χ3v) is 4.69. The van der Waals surface area contributed by atoms with Crippen LogP contribution in [0.25, 0.3) is 0 Å². The number of rotatable bonds is 11. The van der Waals surface area contributed by atoms with Gasteiger partial charge in [0.15, 0.2) is 0 Å². The van der Waals surface area contributed by atoms with E-state index in [9.17, 15) is 4.79 Å². The molecule has 27 heavy (non-hydrogen) atoms. The van der Waals surface area contributed by atoms with Gasteiger partial charge in [-0.3, -0.25) is 4.79 Å². The van der Waals surface area contributed by atoms with Crippen molar-refractivity contribution in [3.8, 4) is 5.75 Å². The SMILES string of the molecule is CCCCCCCOc1ccc(NC(=O)CNc2ccc(C)c(Cl)c2)cc1. The number of nitrogens with one attached hydrogen (secondary N) is 2. The maximum atomic E-state index is 12.1. The molecule has 1 amide bonds. The molecule has 0 aliphatic rings. The highest BCUT2D eigenvalue weighted by Crippen LogP contribution is 2.20. The monoisotopic (exact) mass is 388 g/mol. The number of amides is 1. The number of hydrogen-bond acceptors (Lipinski definition) is 3. The van der Waals surface area contributed by atoms with Crippen molar-refractivity contribution in [3.05, 3.63) is 53.1 Å². The molecule has 0 aliphatic carbocycles. The van der Waals surface area contributed by atoms with Gasteiger partial charge in [0.2, 0.25) is 5.91 Å². The van der Waals surface area contributed by atoms with Crippen LogP contribution in [-0.2, 0) is 4.79 Å². The number of carbonyl (C=O) groups excluding carboxylic acids is 1. The zero-order valence-corrected chi connectivity index (χ0v) is 16.9. The van der Waals surface area contributed by atoms with Crippen molar-refractivity contribution in [2.45, 2.75) is 46.0 Å². The Morgan fingerprint density at radius 3 is 2.41 bits per heavy atom. The molecule has 2 aromatic carbocycles. The summed E-state index contributed by atoms with van der Waals surface area (Å²) in [6.45, 7) is 5.07. The summed E-state index contributed by atoms with van der Waals surface area (Å²) < 4.78 is 5.73. The van der Waals surface area contributed by atoms with Crippen LogP contribution in [0.3, 0.4) is 0 Å². The minimum atomic E-state index is -0.115. The van der Waals surface area contributed by atoms with E-state index in [2.05, 4.69) is 17.6 Å². The molecule has 146 valence electrons. The van der Waals surface area contributed by atoms with Gasteiger partial charge in [0.05, 0.1) is 13.2 Å². The highest BCUT2D eigenvalue weighted by molar-refractivity contribution is 6.31. The van der Waals surface area contributed by atoms with Gasteiger partial charge in [0, 0.05) is 16.4 Å². The van der Waals surface area contributed by atoms with Gasteiger partial charge in [0.25, 0.3) is 0 Å². The summed E-state index contributed by atoms with van der Waals surface area (Å²) in [4.78, 5) is 12.1. The fourth-order valence-corrected chi connectivity index (χ4v) is 2.80. The normalized spacial score (nSPS) is 10.5. The van der Waals surface area contributed by atoms with E-state index in [0.717, 1.165) is 35.7 Å². The van der Waals surface area contributed by atoms with E-state index in [-0.39, 0.29) is 12.5 Å². The van der Waals surface area contributed by atoms with Crippen molar-refractivity contribution in [1.82, 2.24) is 0 Å². The molecule has 0 heterocycles. The number of ether oxygens (including phenoxy) is 1. The molecule has 0 atom stereocenters. The number of carbonyl (C=O) groups is 1. The molecule has 2 N–H and O–H groups in total. The highest BCUT2D eigenvalue weighted by atomic mass is 35.5. The molecular weight excluding hydrogens is 360 g/mol. The molecule has 0 bridgehead atoms. The van der Waals surface area contributed by atoms with E-state index in [1.807, 2.05) is 49.4 Å². The van der Waals surface area contributed by atoms with Crippen molar-refractivity contribution in [2.24, 2.45) is 0 Å². The van der Waals surface area contributed by atoms with Crippen LogP contribution >= 0.6 is 11.6 Å². The average molecular weight is 389 g/mol. The number of unbranched alkanes of at least 4 members (excludes halogenated alkanes) is 4. The summed E-state index contributed by atoms with van der Waals surface area (Å²) in [7, 11) is 0. The minimum absolute atomic E-state index is 0.115. The van der Waals surface area contributed by atoms with Crippen molar-refractivity contribution in [3.63, 3.8) is 0 Å². The van der Waals surface area contributed by atoms with Crippen LogP contribution in [0.2, 0.25) is 5.02 Å². The van der Waals surface area contributed by atoms with Gasteiger partial charge in [-0.1, -0.05) is 50.3 Å². The van der Waals surface area contributed by atoms with Gasteiger partial charge >= 0.3 is 0 Å². The second-order valence-corrected chi connectivity index (χ2v) is 7.06. The smallest absolute Gasteiger partial charge is 0.243 e. The number of hydrogen-bond donors (Lipinski definition) is 2. The number of benzene rings is 2. The third-order valence-electron chi connectivity index (χ3n) is 4.28. The van der Waals surface area contributed by atoms with E-state index < -0.39 is 0 Å². The molecule has 0 aromatic heterocycles. The van der Waals surface area contributed by atoms with Crippen LogP contribution in [0.1, 0.15) is 44.6 Å². The summed E-state index contributed by atoms with van der Waals surface area (Å²) in [5.41, 5.74) is 2.58. The lowest BCUT2D eigenvalue weighted by atomic mass is 10.2. The predicted molar refractivity (Wildman–Crippen MR) is 114 cm³/mol. The first-order chi connectivity index (χ1) is 13.1. The molecule has 0 fully saturated rings. The lowest BCUT2D eigenvalue weighted by Gasteiger charge is -2.10. The summed E-state index contributed by atoms with van der Waals surface area (Å²) >= 11 is 6.09. The second-order valence-electron chi connectivity index (χ2n) is 6.65. The molecule has 2 aromatic rings. The first-order valence-electron chi connectivity index (χ1n) is 9.61. The summed E-state index contributed by atoms with van der Waals surface area (Å²) in [5.74, 6) is 0.715. The van der Waals surface area contributed by atoms with Crippen molar-refractivity contribution in [2.75, 3.05) is 23.8 Å². The van der Waals surface area contributed by atoms with E-state index in [1.165, 1.54) is 25.7 Å². The Hall–Kier alpha value is -2.20. The van der Waals surface area contributed by atoms with Crippen LogP contribution in [0.15, 0.2) is 42.5 Å². The van der Waals surface area contributed by atoms with Crippen LogP contribution in [-0.4, -0.2) is 19.1 Å². The average Bonchev–Trinajstić information content (AvgIpc) is 2.67. The Kier molecular flexibility index (Phi) is 8.99. The topological polar surface area (TPSA) is 50.4 Å². The molecule has 4 nitrogen and oxygen atoms in total. The zero-order chi connectivity index (χ0) is 19.5. The second kappa shape index (κ2) is 11.5. The Labute approximate surface area is 167 Å². The fourth-order valence-electron chi connectivity index (χ4n) is 2.62. The lowest BCUT2D eigenvalue weighted by Crippen LogP contribution is -2.21. The Morgan fingerprint density at radius 1 is 1.00 bits per heavy atom. The molecule has 0 spiro atoms. The Bertz CT molecular complexity index is 717. The van der Waals surface area contributed by atoms with Gasteiger partial charge < -0.3 is 15.4 Å². The quantitative estimate of drug-likeness (QED) is 0.461. The molecule has 0 unspecified atom stereocenters. The van der Waals surface area contributed by atoms with Gasteiger partial charge in [-0.15, -0.1) is 0 Å². The maximum Gasteiger partial charge on any atom is 0.243 e. The van der Waals surface area contributed by atoms with Crippen molar-refractivity contribution >= 4 is 28.9 Å². The first-order valence-corrected chi connectivity index (χ1v) is 9.99. The molecule has 0 saturated carbocycles. The molecule has 2 rings (SSSR count). The van der Waals surface area contributed by atoms with E-state index >= 15 is 0 Å². The van der Waals surface area contributed by atoms with Crippen molar-refractivity contribution < 1.29 is 9.53 Å². The molecule has 5 heteroatoms. The van der Waals surface area contributed by atoms with E-state index in [4.69, 9.17) is 16.3 Å². The Balaban J connectivity index is 1.70. The number of halogens is 1. The summed E-state index contributed by atoms with van der Waals surface area (Å²) in [6.07, 6.45) is 6.10. The molecule has 0 radical (unpaired) electrons. The van der Waals surface area contributed by atoms with Crippen molar-refractivity contribution in [1.29, 1.82) is 0 Å². The van der Waals surface area contributed by atoms with E-state index in [0.29, 0.717) is 5.02 Å². The number of aryl methyl sites for hydroxylation is 1. The molecule has 0 aliphatic heterocycles. The molecular formula is C22H29ClN2O2. The zero-order valence-electron chi connectivity index (χ0n) is 16.2. The van der Waals surface area contributed by atoms with Gasteiger partial charge in [-0.25, -0.2) is 0 Å².